The fourth-order valence-electron chi connectivity index (χ4n) is 2.00. The molecule has 23 heavy (non-hydrogen) atoms. The SMILES string of the molecule is CCC(CO)NC(=O)C(=O)NC(C)c1ccc(OC)c(OC)c1. The molecule has 0 aliphatic rings. The van der Waals surface area contributed by atoms with Gasteiger partial charge in [-0.2, -0.15) is 0 Å². The van der Waals surface area contributed by atoms with Crippen molar-refractivity contribution in [3.05, 3.63) is 23.8 Å². The molecule has 0 radical (unpaired) electrons. The standard InChI is InChI=1S/C16H24N2O5/c1-5-12(9-19)18-16(21)15(20)17-10(2)11-6-7-13(22-3)14(8-11)23-4/h6-8,10,12,19H,5,9H2,1-4H3,(H,17,20)(H,18,21). The molecule has 0 fully saturated rings. The number of hydrogen-bond acceptors (Lipinski definition) is 5. The minimum Gasteiger partial charge on any atom is -0.493 e. The van der Waals surface area contributed by atoms with E-state index in [1.807, 2.05) is 6.92 Å². The molecule has 1 aromatic carbocycles. The van der Waals surface area contributed by atoms with Crippen molar-refractivity contribution in [1.29, 1.82) is 0 Å². The van der Waals surface area contributed by atoms with Crippen LogP contribution in [0.1, 0.15) is 31.9 Å². The van der Waals surface area contributed by atoms with Crippen LogP contribution in [0.5, 0.6) is 11.5 Å². The number of aliphatic hydroxyl groups is 1. The molecule has 0 heterocycles. The molecule has 7 nitrogen and oxygen atoms in total. The Morgan fingerprint density at radius 3 is 2.26 bits per heavy atom. The largest absolute Gasteiger partial charge is 0.493 e. The van der Waals surface area contributed by atoms with Crippen molar-refractivity contribution in [1.82, 2.24) is 10.6 Å². The van der Waals surface area contributed by atoms with E-state index in [1.165, 1.54) is 7.11 Å². The molecule has 0 aromatic heterocycles. The number of carbonyl (C=O) groups is 2. The Kier molecular flexibility index (Phi) is 7.34. The van der Waals surface area contributed by atoms with Gasteiger partial charge in [-0.3, -0.25) is 9.59 Å². The summed E-state index contributed by atoms with van der Waals surface area (Å²) in [4.78, 5) is 23.7. The van der Waals surface area contributed by atoms with Gasteiger partial charge < -0.3 is 25.2 Å². The van der Waals surface area contributed by atoms with E-state index in [1.54, 1.807) is 32.2 Å². The minimum absolute atomic E-state index is 0.208. The van der Waals surface area contributed by atoms with Crippen LogP contribution in [0.3, 0.4) is 0 Å². The zero-order valence-electron chi connectivity index (χ0n) is 13.9. The maximum atomic E-state index is 11.9. The number of ether oxygens (including phenoxy) is 2. The van der Waals surface area contributed by atoms with Crippen LogP contribution in [-0.2, 0) is 9.59 Å². The maximum absolute atomic E-state index is 11.9. The van der Waals surface area contributed by atoms with Crippen LogP contribution < -0.4 is 20.1 Å². The summed E-state index contributed by atoms with van der Waals surface area (Å²) in [5, 5.41) is 14.1. The zero-order valence-corrected chi connectivity index (χ0v) is 13.9. The third-order valence-electron chi connectivity index (χ3n) is 3.51. The molecular formula is C16H24N2O5. The number of hydrogen-bond donors (Lipinski definition) is 3. The summed E-state index contributed by atoms with van der Waals surface area (Å²) in [5.41, 5.74) is 0.776. The average molecular weight is 324 g/mol. The van der Waals surface area contributed by atoms with Gasteiger partial charge in [-0.1, -0.05) is 13.0 Å². The molecule has 0 spiro atoms. The van der Waals surface area contributed by atoms with E-state index in [-0.39, 0.29) is 12.6 Å². The third kappa shape index (κ3) is 5.14. The lowest BCUT2D eigenvalue weighted by Gasteiger charge is -2.18. The van der Waals surface area contributed by atoms with Crippen molar-refractivity contribution in [3.63, 3.8) is 0 Å². The van der Waals surface area contributed by atoms with Gasteiger partial charge >= 0.3 is 11.8 Å². The van der Waals surface area contributed by atoms with E-state index in [0.717, 1.165) is 5.56 Å². The van der Waals surface area contributed by atoms with Crippen molar-refractivity contribution in [2.24, 2.45) is 0 Å². The number of carbonyl (C=O) groups excluding carboxylic acids is 2. The van der Waals surface area contributed by atoms with Gasteiger partial charge in [0.2, 0.25) is 0 Å². The number of methoxy groups -OCH3 is 2. The monoisotopic (exact) mass is 324 g/mol. The van der Waals surface area contributed by atoms with Crippen LogP contribution in [0.25, 0.3) is 0 Å². The Morgan fingerprint density at radius 1 is 1.13 bits per heavy atom. The van der Waals surface area contributed by atoms with E-state index in [4.69, 9.17) is 14.6 Å². The molecule has 0 saturated carbocycles. The first-order chi connectivity index (χ1) is 11.0. The summed E-state index contributed by atoms with van der Waals surface area (Å²) in [6.45, 7) is 3.36. The van der Waals surface area contributed by atoms with Crippen LogP contribution in [0.15, 0.2) is 18.2 Å². The Morgan fingerprint density at radius 2 is 1.74 bits per heavy atom. The number of benzene rings is 1. The van der Waals surface area contributed by atoms with Gasteiger partial charge in [0.25, 0.3) is 0 Å². The second-order valence-corrected chi connectivity index (χ2v) is 5.07. The Balaban J connectivity index is 2.73. The molecule has 7 heteroatoms. The van der Waals surface area contributed by atoms with Gasteiger partial charge in [0, 0.05) is 0 Å². The highest BCUT2D eigenvalue weighted by molar-refractivity contribution is 6.35. The Bertz CT molecular complexity index is 543. The van der Waals surface area contributed by atoms with Crippen LogP contribution in [0.2, 0.25) is 0 Å². The topological polar surface area (TPSA) is 96.9 Å². The quantitative estimate of drug-likeness (QED) is 0.644. The van der Waals surface area contributed by atoms with Gasteiger partial charge in [0.1, 0.15) is 0 Å². The lowest BCUT2D eigenvalue weighted by molar-refractivity contribution is -0.140. The summed E-state index contributed by atoms with van der Waals surface area (Å²) in [6, 6.07) is 4.44. The second-order valence-electron chi connectivity index (χ2n) is 5.07. The number of amides is 2. The Labute approximate surface area is 136 Å². The highest BCUT2D eigenvalue weighted by atomic mass is 16.5. The van der Waals surface area contributed by atoms with Gasteiger partial charge in [-0.05, 0) is 31.0 Å². The molecule has 2 atom stereocenters. The molecule has 0 aliphatic carbocycles. The summed E-state index contributed by atoms with van der Waals surface area (Å²) < 4.78 is 10.4. The van der Waals surface area contributed by atoms with Gasteiger partial charge in [-0.15, -0.1) is 0 Å². The smallest absolute Gasteiger partial charge is 0.309 e. The van der Waals surface area contributed by atoms with Crippen molar-refractivity contribution in [2.75, 3.05) is 20.8 Å². The number of nitrogens with one attached hydrogen (secondary N) is 2. The van der Waals surface area contributed by atoms with E-state index >= 15 is 0 Å². The van der Waals surface area contributed by atoms with Crippen LogP contribution in [-0.4, -0.2) is 43.8 Å². The summed E-state index contributed by atoms with van der Waals surface area (Å²) in [7, 11) is 3.07. The van der Waals surface area contributed by atoms with Crippen molar-refractivity contribution < 1.29 is 24.2 Å². The molecule has 2 unspecified atom stereocenters. The molecule has 0 saturated heterocycles. The highest BCUT2D eigenvalue weighted by Gasteiger charge is 2.20. The van der Waals surface area contributed by atoms with E-state index in [2.05, 4.69) is 10.6 Å². The average Bonchev–Trinajstić information content (AvgIpc) is 2.58. The van der Waals surface area contributed by atoms with Gasteiger partial charge in [0.15, 0.2) is 11.5 Å². The molecule has 1 rings (SSSR count). The zero-order chi connectivity index (χ0) is 17.4. The molecule has 0 aliphatic heterocycles. The first-order valence-corrected chi connectivity index (χ1v) is 7.40. The highest BCUT2D eigenvalue weighted by Crippen LogP contribution is 2.29. The lowest BCUT2D eigenvalue weighted by atomic mass is 10.1. The number of rotatable bonds is 7. The van der Waals surface area contributed by atoms with Crippen LogP contribution >= 0.6 is 0 Å². The van der Waals surface area contributed by atoms with Crippen molar-refractivity contribution in [3.8, 4) is 11.5 Å². The minimum atomic E-state index is -0.766. The molecular weight excluding hydrogens is 300 g/mol. The molecule has 128 valence electrons. The van der Waals surface area contributed by atoms with E-state index in [0.29, 0.717) is 17.9 Å². The second kappa shape index (κ2) is 8.99. The fourth-order valence-corrected chi connectivity index (χ4v) is 2.00. The summed E-state index contributed by atoms with van der Waals surface area (Å²) in [5.74, 6) is -0.388. The lowest BCUT2D eigenvalue weighted by Crippen LogP contribution is -2.46. The van der Waals surface area contributed by atoms with Crippen LogP contribution in [0, 0.1) is 0 Å². The molecule has 1 aromatic rings. The molecule has 0 bridgehead atoms. The van der Waals surface area contributed by atoms with Gasteiger partial charge in [-0.25, -0.2) is 0 Å². The van der Waals surface area contributed by atoms with E-state index in [9.17, 15) is 9.59 Å². The fraction of sp³-hybridized carbons (Fsp3) is 0.500. The molecule has 2 amide bonds. The predicted molar refractivity (Wildman–Crippen MR) is 85.4 cm³/mol. The normalized spacial score (nSPS) is 12.9. The van der Waals surface area contributed by atoms with Gasteiger partial charge in [0.05, 0.1) is 32.9 Å². The summed E-state index contributed by atoms with van der Waals surface area (Å²) in [6.07, 6.45) is 0.542. The Hall–Kier alpha value is -2.28. The molecule has 3 N–H and O–H groups in total. The summed E-state index contributed by atoms with van der Waals surface area (Å²) >= 11 is 0. The first-order valence-electron chi connectivity index (χ1n) is 7.40. The van der Waals surface area contributed by atoms with E-state index < -0.39 is 17.9 Å². The van der Waals surface area contributed by atoms with Crippen LogP contribution in [0.4, 0.5) is 0 Å². The van der Waals surface area contributed by atoms with Crippen molar-refractivity contribution >= 4 is 11.8 Å². The first kappa shape index (κ1) is 18.8. The van der Waals surface area contributed by atoms with Crippen molar-refractivity contribution in [2.45, 2.75) is 32.4 Å². The maximum Gasteiger partial charge on any atom is 0.309 e. The third-order valence-corrected chi connectivity index (χ3v) is 3.51. The predicted octanol–water partition coefficient (Wildman–Crippen LogP) is 0.768. The number of aliphatic hydroxyl groups excluding tert-OH is 1.